The number of aryl methyl sites for hydroxylation is 1. The van der Waals surface area contributed by atoms with Crippen LogP contribution in [0.4, 0.5) is 5.69 Å². The second-order valence-electron chi connectivity index (χ2n) is 8.67. The molecule has 0 spiro atoms. The van der Waals surface area contributed by atoms with Gasteiger partial charge < -0.3 is 9.88 Å². The minimum atomic E-state index is -3.74. The van der Waals surface area contributed by atoms with E-state index in [0.29, 0.717) is 6.54 Å². The van der Waals surface area contributed by atoms with Crippen LogP contribution in [0.25, 0.3) is 10.9 Å². The fraction of sp³-hybridized carbons (Fsp3) is 0.222. The van der Waals surface area contributed by atoms with Crippen LogP contribution in [0, 0.1) is 0 Å². The first kappa shape index (κ1) is 22.4. The SMILES string of the molecule is CC(=O)N1CCCc2cc(S(=O)(=O)NCC(c3ccccc3)c3c[nH]c4ccccc34)ccc21. The minimum Gasteiger partial charge on any atom is -0.361 e. The molecular formula is C27H27N3O3S. The molecule has 2 heterocycles. The number of sulfonamides is 1. The number of para-hydroxylation sites is 1. The Morgan fingerprint density at radius 1 is 1.06 bits per heavy atom. The molecular weight excluding hydrogens is 446 g/mol. The van der Waals surface area contributed by atoms with Gasteiger partial charge >= 0.3 is 0 Å². The van der Waals surface area contributed by atoms with E-state index in [1.165, 1.54) is 6.92 Å². The number of nitrogens with one attached hydrogen (secondary N) is 2. The first-order valence-corrected chi connectivity index (χ1v) is 12.9. The smallest absolute Gasteiger partial charge is 0.240 e. The molecule has 1 amide bonds. The zero-order chi connectivity index (χ0) is 23.7. The monoisotopic (exact) mass is 473 g/mol. The van der Waals surface area contributed by atoms with Gasteiger partial charge in [-0.15, -0.1) is 0 Å². The van der Waals surface area contributed by atoms with Gasteiger partial charge in [0.1, 0.15) is 0 Å². The van der Waals surface area contributed by atoms with Gasteiger partial charge in [-0.2, -0.15) is 0 Å². The van der Waals surface area contributed by atoms with E-state index >= 15 is 0 Å². The lowest BCUT2D eigenvalue weighted by Crippen LogP contribution is -2.34. The summed E-state index contributed by atoms with van der Waals surface area (Å²) in [7, 11) is -3.74. The van der Waals surface area contributed by atoms with Crippen LogP contribution in [0.15, 0.2) is 83.9 Å². The van der Waals surface area contributed by atoms with E-state index in [9.17, 15) is 13.2 Å². The molecule has 0 radical (unpaired) electrons. The fourth-order valence-corrected chi connectivity index (χ4v) is 5.92. The van der Waals surface area contributed by atoms with E-state index < -0.39 is 10.0 Å². The van der Waals surface area contributed by atoms with Gasteiger partial charge in [0.2, 0.25) is 15.9 Å². The number of nitrogens with zero attached hydrogens (tertiary/aromatic N) is 1. The Morgan fingerprint density at radius 3 is 2.62 bits per heavy atom. The molecule has 5 rings (SSSR count). The Hall–Kier alpha value is -3.42. The molecule has 0 bridgehead atoms. The highest BCUT2D eigenvalue weighted by molar-refractivity contribution is 7.89. The van der Waals surface area contributed by atoms with Gasteiger partial charge in [0.05, 0.1) is 4.90 Å². The van der Waals surface area contributed by atoms with Gasteiger partial charge in [0.25, 0.3) is 0 Å². The van der Waals surface area contributed by atoms with Crippen LogP contribution in [0.1, 0.15) is 36.0 Å². The maximum atomic E-state index is 13.3. The summed E-state index contributed by atoms with van der Waals surface area (Å²) in [6, 6.07) is 23.0. The number of H-pyrrole nitrogens is 1. The highest BCUT2D eigenvalue weighted by Crippen LogP contribution is 2.32. The molecule has 174 valence electrons. The predicted octanol–water partition coefficient (Wildman–Crippen LogP) is 4.58. The van der Waals surface area contributed by atoms with Gasteiger partial charge in [-0.25, -0.2) is 13.1 Å². The van der Waals surface area contributed by atoms with E-state index in [1.54, 1.807) is 23.1 Å². The number of hydrogen-bond acceptors (Lipinski definition) is 3. The van der Waals surface area contributed by atoms with Gasteiger partial charge in [-0.3, -0.25) is 4.79 Å². The molecule has 4 aromatic rings. The molecule has 0 aliphatic carbocycles. The molecule has 6 nitrogen and oxygen atoms in total. The maximum absolute atomic E-state index is 13.3. The average molecular weight is 474 g/mol. The van der Waals surface area contributed by atoms with Gasteiger partial charge in [0, 0.05) is 48.7 Å². The van der Waals surface area contributed by atoms with Crippen LogP contribution in [-0.2, 0) is 21.2 Å². The molecule has 1 atom stereocenters. The minimum absolute atomic E-state index is 0.0286. The second-order valence-corrected chi connectivity index (χ2v) is 10.4. The molecule has 1 aliphatic heterocycles. The van der Waals surface area contributed by atoms with Gasteiger partial charge in [0.15, 0.2) is 0 Å². The number of amides is 1. The topological polar surface area (TPSA) is 82.3 Å². The van der Waals surface area contributed by atoms with Crippen molar-refractivity contribution in [3.05, 3.63) is 95.7 Å². The zero-order valence-corrected chi connectivity index (χ0v) is 19.8. The number of aromatic nitrogens is 1. The first-order chi connectivity index (χ1) is 16.4. The van der Waals surface area contributed by atoms with E-state index in [0.717, 1.165) is 46.1 Å². The third kappa shape index (κ3) is 4.24. The van der Waals surface area contributed by atoms with Crippen molar-refractivity contribution >= 4 is 32.5 Å². The van der Waals surface area contributed by atoms with Gasteiger partial charge in [-0.1, -0.05) is 48.5 Å². The molecule has 1 aromatic heterocycles. The standard InChI is InChI=1S/C27H27N3O3S/c1-19(31)30-15-7-10-21-16-22(13-14-27(21)30)34(32,33)29-18-24(20-8-3-2-4-9-20)25-17-28-26-12-6-5-11-23(25)26/h2-6,8-9,11-14,16-17,24,28-29H,7,10,15,18H2,1H3. The van der Waals surface area contributed by atoms with Crippen LogP contribution in [0.5, 0.6) is 0 Å². The lowest BCUT2D eigenvalue weighted by atomic mass is 9.91. The summed E-state index contributed by atoms with van der Waals surface area (Å²) < 4.78 is 29.5. The molecule has 0 saturated carbocycles. The molecule has 1 aliphatic rings. The number of aromatic amines is 1. The normalized spacial score (nSPS) is 14.7. The average Bonchev–Trinajstić information content (AvgIpc) is 3.28. The largest absolute Gasteiger partial charge is 0.361 e. The highest BCUT2D eigenvalue weighted by Gasteiger charge is 2.25. The molecule has 0 fully saturated rings. The maximum Gasteiger partial charge on any atom is 0.240 e. The summed E-state index contributed by atoms with van der Waals surface area (Å²) >= 11 is 0. The number of fused-ring (bicyclic) bond motifs is 2. The summed E-state index contributed by atoms with van der Waals surface area (Å²) in [4.78, 5) is 17.2. The number of carbonyl (C=O) groups is 1. The van der Waals surface area contributed by atoms with Crippen molar-refractivity contribution in [3.63, 3.8) is 0 Å². The van der Waals surface area contributed by atoms with E-state index in [-0.39, 0.29) is 23.3 Å². The van der Waals surface area contributed by atoms with Crippen LogP contribution in [0.2, 0.25) is 0 Å². The van der Waals surface area contributed by atoms with Crippen LogP contribution in [0.3, 0.4) is 0 Å². The third-order valence-corrected chi connectivity index (χ3v) is 7.96. The van der Waals surface area contributed by atoms with Crippen molar-refractivity contribution in [1.82, 2.24) is 9.71 Å². The lowest BCUT2D eigenvalue weighted by molar-refractivity contribution is -0.116. The molecule has 7 heteroatoms. The predicted molar refractivity (Wildman–Crippen MR) is 135 cm³/mol. The fourth-order valence-electron chi connectivity index (χ4n) is 4.82. The molecule has 34 heavy (non-hydrogen) atoms. The first-order valence-electron chi connectivity index (χ1n) is 11.5. The Bertz CT molecular complexity index is 1440. The van der Waals surface area contributed by atoms with E-state index in [1.807, 2.05) is 54.7 Å². The number of benzene rings is 3. The van der Waals surface area contributed by atoms with Crippen molar-refractivity contribution in [2.45, 2.75) is 30.6 Å². The summed E-state index contributed by atoms with van der Waals surface area (Å²) in [6.07, 6.45) is 3.54. The quantitative estimate of drug-likeness (QED) is 0.430. The molecule has 2 N–H and O–H groups in total. The number of carbonyl (C=O) groups excluding carboxylic acids is 1. The summed E-state index contributed by atoms with van der Waals surface area (Å²) in [5.41, 5.74) is 4.80. The summed E-state index contributed by atoms with van der Waals surface area (Å²) in [6.45, 7) is 2.43. The highest BCUT2D eigenvalue weighted by atomic mass is 32.2. The number of anilines is 1. The summed E-state index contributed by atoms with van der Waals surface area (Å²) in [5.74, 6) is -0.183. The molecule has 0 saturated heterocycles. The molecule has 1 unspecified atom stereocenters. The summed E-state index contributed by atoms with van der Waals surface area (Å²) in [5, 5.41) is 1.08. The van der Waals surface area contributed by atoms with Crippen LogP contribution < -0.4 is 9.62 Å². The zero-order valence-electron chi connectivity index (χ0n) is 19.0. The van der Waals surface area contributed by atoms with Crippen molar-refractivity contribution in [1.29, 1.82) is 0 Å². The third-order valence-electron chi connectivity index (χ3n) is 6.54. The van der Waals surface area contributed by atoms with Crippen LogP contribution >= 0.6 is 0 Å². The Balaban J connectivity index is 1.45. The number of rotatable bonds is 6. The second kappa shape index (κ2) is 9.08. The Kier molecular flexibility index (Phi) is 5.98. The van der Waals surface area contributed by atoms with Gasteiger partial charge in [-0.05, 0) is 53.8 Å². The Labute approximate surface area is 199 Å². The number of hydrogen-bond donors (Lipinski definition) is 2. The van der Waals surface area contributed by atoms with Crippen molar-refractivity contribution in [2.24, 2.45) is 0 Å². The Morgan fingerprint density at radius 2 is 1.82 bits per heavy atom. The van der Waals surface area contributed by atoms with Crippen LogP contribution in [-0.4, -0.2) is 32.4 Å². The van der Waals surface area contributed by atoms with Crippen molar-refractivity contribution in [3.8, 4) is 0 Å². The van der Waals surface area contributed by atoms with Crippen molar-refractivity contribution < 1.29 is 13.2 Å². The van der Waals surface area contributed by atoms with E-state index in [2.05, 4.69) is 15.8 Å². The van der Waals surface area contributed by atoms with E-state index in [4.69, 9.17) is 0 Å². The van der Waals surface area contributed by atoms with Crippen molar-refractivity contribution in [2.75, 3.05) is 18.0 Å². The lowest BCUT2D eigenvalue weighted by Gasteiger charge is -2.29. The molecule has 3 aromatic carbocycles.